The van der Waals surface area contributed by atoms with Crippen LogP contribution in [0.4, 0.5) is 5.69 Å². The molecule has 0 amide bonds. The maximum Gasteiger partial charge on any atom is 0.0467 e. The molecule has 2 N–H and O–H groups in total. The average Bonchev–Trinajstić information content (AvgIpc) is 2.20. The maximum atomic E-state index is 5.83. The number of rotatable bonds is 6. The number of anilines is 1. The largest absolute Gasteiger partial charge is 0.398 e. The lowest BCUT2D eigenvalue weighted by Crippen LogP contribution is -1.92. The van der Waals surface area contributed by atoms with Gasteiger partial charge in [0.2, 0.25) is 0 Å². The highest BCUT2D eigenvalue weighted by atomic mass is 35.5. The quantitative estimate of drug-likeness (QED) is 0.474. The first kappa shape index (κ1) is 12.7. The Morgan fingerprint density at radius 1 is 1.40 bits per heavy atom. The van der Waals surface area contributed by atoms with Crippen LogP contribution in [0.25, 0.3) is 0 Å². The summed E-state index contributed by atoms with van der Waals surface area (Å²) in [7, 11) is 1.73. The Bertz CT molecular complexity index is 307. The molecule has 0 radical (unpaired) electrons. The van der Waals surface area contributed by atoms with Crippen molar-refractivity contribution >= 4 is 29.1 Å². The van der Waals surface area contributed by atoms with Gasteiger partial charge in [-0.2, -0.15) is 0 Å². The van der Waals surface area contributed by atoms with Gasteiger partial charge in [-0.1, -0.05) is 11.6 Å². The van der Waals surface area contributed by atoms with Crippen molar-refractivity contribution in [3.8, 4) is 0 Å². The Balaban J connectivity index is 2.31. The van der Waals surface area contributed by atoms with E-state index >= 15 is 0 Å². The molecule has 15 heavy (non-hydrogen) atoms. The number of halogens is 1. The molecular weight excluding hydrogens is 230 g/mol. The molecule has 0 saturated carbocycles. The summed E-state index contributed by atoms with van der Waals surface area (Å²) in [6.07, 6.45) is 2.23. The zero-order valence-corrected chi connectivity index (χ0v) is 10.4. The summed E-state index contributed by atoms with van der Waals surface area (Å²) < 4.78 is 4.98. The Labute approximate surface area is 100 Å². The third-order valence-corrected chi connectivity index (χ3v) is 3.38. The number of benzene rings is 1. The van der Waals surface area contributed by atoms with Crippen LogP contribution < -0.4 is 5.73 Å². The molecule has 1 aromatic carbocycles. The number of ether oxygens (including phenoxy) is 1. The van der Waals surface area contributed by atoms with Crippen molar-refractivity contribution in [2.75, 3.05) is 25.2 Å². The van der Waals surface area contributed by atoms with Crippen LogP contribution in [-0.2, 0) is 4.74 Å². The minimum absolute atomic E-state index is 0.691. The van der Waals surface area contributed by atoms with Crippen molar-refractivity contribution in [2.24, 2.45) is 0 Å². The van der Waals surface area contributed by atoms with Gasteiger partial charge in [0.25, 0.3) is 0 Å². The Kier molecular flexibility index (Phi) is 5.91. The van der Waals surface area contributed by atoms with Gasteiger partial charge in [-0.25, -0.2) is 0 Å². The number of nitrogens with two attached hydrogens (primary N) is 1. The summed E-state index contributed by atoms with van der Waals surface area (Å²) in [5.41, 5.74) is 6.60. The molecule has 1 aromatic rings. The molecule has 1 rings (SSSR count). The first-order valence-electron chi connectivity index (χ1n) is 4.91. The van der Waals surface area contributed by atoms with Crippen LogP contribution in [0, 0.1) is 0 Å². The monoisotopic (exact) mass is 245 g/mol. The summed E-state index contributed by atoms with van der Waals surface area (Å²) in [5, 5.41) is 0.691. The van der Waals surface area contributed by atoms with E-state index in [1.54, 1.807) is 24.9 Å². The van der Waals surface area contributed by atoms with Gasteiger partial charge in [0.1, 0.15) is 0 Å². The predicted molar refractivity (Wildman–Crippen MR) is 67.7 cm³/mol. The second kappa shape index (κ2) is 6.99. The molecule has 4 heteroatoms. The highest BCUT2D eigenvalue weighted by Gasteiger charge is 2.00. The molecule has 84 valence electrons. The molecule has 0 fully saturated rings. The summed E-state index contributed by atoms with van der Waals surface area (Å²) in [6, 6.07) is 5.63. The molecule has 0 unspecified atom stereocenters. The number of unbranched alkanes of at least 4 members (excludes halogenated alkanes) is 1. The molecule has 2 nitrogen and oxygen atoms in total. The van der Waals surface area contributed by atoms with Gasteiger partial charge < -0.3 is 10.5 Å². The highest BCUT2D eigenvalue weighted by Crippen LogP contribution is 2.28. The van der Waals surface area contributed by atoms with E-state index in [4.69, 9.17) is 22.1 Å². The Morgan fingerprint density at radius 3 is 2.87 bits per heavy atom. The predicted octanol–water partition coefficient (Wildman–Crippen LogP) is 3.44. The fourth-order valence-corrected chi connectivity index (χ4v) is 2.32. The minimum Gasteiger partial charge on any atom is -0.398 e. The summed E-state index contributed by atoms with van der Waals surface area (Å²) in [5.74, 6) is 1.06. The van der Waals surface area contributed by atoms with E-state index in [1.807, 2.05) is 12.1 Å². The highest BCUT2D eigenvalue weighted by molar-refractivity contribution is 7.99. The number of hydrogen-bond acceptors (Lipinski definition) is 3. The molecule has 0 saturated heterocycles. The first-order valence-corrected chi connectivity index (χ1v) is 6.27. The van der Waals surface area contributed by atoms with Crippen molar-refractivity contribution in [3.63, 3.8) is 0 Å². The van der Waals surface area contributed by atoms with E-state index in [1.165, 1.54) is 0 Å². The summed E-state index contributed by atoms with van der Waals surface area (Å²) in [6.45, 7) is 0.830. The van der Waals surface area contributed by atoms with Crippen molar-refractivity contribution in [1.82, 2.24) is 0 Å². The van der Waals surface area contributed by atoms with E-state index in [9.17, 15) is 0 Å². The standard InChI is InChI=1S/C11H16ClNOS/c1-14-6-2-3-7-15-11-5-4-9(12)8-10(11)13/h4-5,8H,2-3,6-7,13H2,1H3. The van der Waals surface area contributed by atoms with Crippen LogP contribution in [0.1, 0.15) is 12.8 Å². The molecule has 0 aliphatic heterocycles. The molecular formula is C11H16ClNOS. The average molecular weight is 246 g/mol. The zero-order valence-electron chi connectivity index (χ0n) is 8.83. The summed E-state index contributed by atoms with van der Waals surface area (Å²) in [4.78, 5) is 1.11. The van der Waals surface area contributed by atoms with E-state index in [-0.39, 0.29) is 0 Å². The fourth-order valence-electron chi connectivity index (χ4n) is 1.18. The topological polar surface area (TPSA) is 35.2 Å². The SMILES string of the molecule is COCCCCSc1ccc(Cl)cc1N. The van der Waals surface area contributed by atoms with Gasteiger partial charge in [0, 0.05) is 29.3 Å². The minimum atomic E-state index is 0.691. The maximum absolute atomic E-state index is 5.83. The third kappa shape index (κ3) is 4.78. The normalized spacial score (nSPS) is 10.5. The molecule has 0 aromatic heterocycles. The zero-order chi connectivity index (χ0) is 11.1. The van der Waals surface area contributed by atoms with Crippen molar-refractivity contribution < 1.29 is 4.74 Å². The van der Waals surface area contributed by atoms with Crippen LogP contribution in [0.15, 0.2) is 23.1 Å². The molecule has 0 heterocycles. The molecule has 0 aliphatic rings. The van der Waals surface area contributed by atoms with Crippen molar-refractivity contribution in [3.05, 3.63) is 23.2 Å². The van der Waals surface area contributed by atoms with Crippen molar-refractivity contribution in [1.29, 1.82) is 0 Å². The molecule has 0 aliphatic carbocycles. The van der Waals surface area contributed by atoms with E-state index < -0.39 is 0 Å². The van der Waals surface area contributed by atoms with Crippen LogP contribution in [0.3, 0.4) is 0 Å². The second-order valence-corrected chi connectivity index (χ2v) is 4.80. The van der Waals surface area contributed by atoms with Crippen LogP contribution in [-0.4, -0.2) is 19.5 Å². The lowest BCUT2D eigenvalue weighted by molar-refractivity contribution is 0.194. The number of thioether (sulfide) groups is 1. The van der Waals surface area contributed by atoms with Gasteiger partial charge in [0.15, 0.2) is 0 Å². The number of nitrogen functional groups attached to an aromatic ring is 1. The van der Waals surface area contributed by atoms with Gasteiger partial charge >= 0.3 is 0 Å². The fraction of sp³-hybridized carbons (Fsp3) is 0.455. The number of hydrogen-bond donors (Lipinski definition) is 1. The molecule has 0 bridgehead atoms. The summed E-state index contributed by atoms with van der Waals surface area (Å²) >= 11 is 7.58. The molecule has 0 atom stereocenters. The van der Waals surface area contributed by atoms with E-state index in [2.05, 4.69) is 0 Å². The van der Waals surface area contributed by atoms with Gasteiger partial charge in [-0.05, 0) is 36.8 Å². The van der Waals surface area contributed by atoms with E-state index in [0.717, 1.165) is 35.8 Å². The van der Waals surface area contributed by atoms with Gasteiger partial charge in [0.05, 0.1) is 0 Å². The van der Waals surface area contributed by atoms with Gasteiger partial charge in [-0.3, -0.25) is 0 Å². The lowest BCUT2D eigenvalue weighted by atomic mass is 10.3. The lowest BCUT2D eigenvalue weighted by Gasteiger charge is -2.05. The van der Waals surface area contributed by atoms with Crippen LogP contribution in [0.2, 0.25) is 5.02 Å². The number of methoxy groups -OCH3 is 1. The smallest absolute Gasteiger partial charge is 0.0467 e. The Hall–Kier alpha value is -0.380. The van der Waals surface area contributed by atoms with Crippen molar-refractivity contribution in [2.45, 2.75) is 17.7 Å². The van der Waals surface area contributed by atoms with Gasteiger partial charge in [-0.15, -0.1) is 11.8 Å². The van der Waals surface area contributed by atoms with Crippen LogP contribution in [0.5, 0.6) is 0 Å². The third-order valence-electron chi connectivity index (χ3n) is 1.97. The van der Waals surface area contributed by atoms with Crippen LogP contribution >= 0.6 is 23.4 Å². The van der Waals surface area contributed by atoms with E-state index in [0.29, 0.717) is 5.02 Å². The second-order valence-electron chi connectivity index (χ2n) is 3.23. The Morgan fingerprint density at radius 2 is 2.20 bits per heavy atom. The molecule has 0 spiro atoms. The first-order chi connectivity index (χ1) is 7.24.